The van der Waals surface area contributed by atoms with Crippen LogP contribution in [0.3, 0.4) is 0 Å². The van der Waals surface area contributed by atoms with Crippen LogP contribution in [0.2, 0.25) is 0 Å². The Bertz CT molecular complexity index is 738. The molecule has 1 aromatic carbocycles. The first kappa shape index (κ1) is 12.4. The van der Waals surface area contributed by atoms with Gasteiger partial charge in [-0.25, -0.2) is 9.97 Å². The molecule has 0 amide bonds. The maximum absolute atomic E-state index is 5.76. The number of pyridine rings is 1. The number of aromatic nitrogens is 3. The van der Waals surface area contributed by atoms with Crippen LogP contribution >= 0.6 is 0 Å². The average molecular weight is 264 g/mol. The van der Waals surface area contributed by atoms with Crippen LogP contribution in [0.25, 0.3) is 16.9 Å². The SMILES string of the molecule is Cc1cc(C)cc(-n2cncc2-c2ccnc(N)c2)c1. The molecule has 0 spiro atoms. The predicted molar refractivity (Wildman–Crippen MR) is 80.7 cm³/mol. The maximum Gasteiger partial charge on any atom is 0.123 e. The molecular weight excluding hydrogens is 248 g/mol. The lowest BCUT2D eigenvalue weighted by Crippen LogP contribution is -1.97. The second-order valence-electron chi connectivity index (χ2n) is 4.96. The summed E-state index contributed by atoms with van der Waals surface area (Å²) in [6.45, 7) is 4.19. The molecule has 3 rings (SSSR count). The molecule has 0 aliphatic carbocycles. The molecule has 0 saturated carbocycles. The summed E-state index contributed by atoms with van der Waals surface area (Å²) in [4.78, 5) is 8.29. The Morgan fingerprint density at radius 3 is 2.50 bits per heavy atom. The van der Waals surface area contributed by atoms with E-state index in [0.717, 1.165) is 16.9 Å². The number of nitrogens with two attached hydrogens (primary N) is 1. The number of hydrogen-bond acceptors (Lipinski definition) is 3. The van der Waals surface area contributed by atoms with Crippen LogP contribution in [0.4, 0.5) is 5.82 Å². The zero-order valence-corrected chi connectivity index (χ0v) is 11.5. The molecule has 0 fully saturated rings. The molecule has 2 heterocycles. The van der Waals surface area contributed by atoms with Gasteiger partial charge in [0, 0.05) is 17.4 Å². The number of rotatable bonds is 2. The molecule has 0 unspecified atom stereocenters. The van der Waals surface area contributed by atoms with Crippen LogP contribution in [0.5, 0.6) is 0 Å². The lowest BCUT2D eigenvalue weighted by molar-refractivity contribution is 1.05. The minimum atomic E-state index is 0.510. The van der Waals surface area contributed by atoms with Crippen LogP contribution in [-0.4, -0.2) is 14.5 Å². The van der Waals surface area contributed by atoms with Gasteiger partial charge in [-0.1, -0.05) is 6.07 Å². The molecule has 4 nitrogen and oxygen atoms in total. The topological polar surface area (TPSA) is 56.7 Å². The molecule has 100 valence electrons. The van der Waals surface area contributed by atoms with Crippen molar-refractivity contribution in [1.82, 2.24) is 14.5 Å². The molecule has 0 radical (unpaired) electrons. The third-order valence-corrected chi connectivity index (χ3v) is 3.20. The molecule has 4 heteroatoms. The minimum Gasteiger partial charge on any atom is -0.384 e. The molecule has 20 heavy (non-hydrogen) atoms. The number of benzene rings is 1. The van der Waals surface area contributed by atoms with Gasteiger partial charge in [-0.15, -0.1) is 0 Å². The van der Waals surface area contributed by atoms with E-state index in [2.05, 4.69) is 46.6 Å². The summed E-state index contributed by atoms with van der Waals surface area (Å²) in [5.74, 6) is 0.510. The molecule has 0 bridgehead atoms. The van der Waals surface area contributed by atoms with Gasteiger partial charge in [0.2, 0.25) is 0 Å². The Hall–Kier alpha value is -2.62. The molecule has 0 saturated heterocycles. The van der Waals surface area contributed by atoms with E-state index < -0.39 is 0 Å². The van der Waals surface area contributed by atoms with Crippen molar-refractivity contribution in [2.45, 2.75) is 13.8 Å². The first-order chi connectivity index (χ1) is 9.63. The minimum absolute atomic E-state index is 0.510. The van der Waals surface area contributed by atoms with E-state index in [1.54, 1.807) is 6.20 Å². The summed E-state index contributed by atoms with van der Waals surface area (Å²) < 4.78 is 2.06. The smallest absolute Gasteiger partial charge is 0.123 e. The molecule has 0 atom stereocenters. The van der Waals surface area contributed by atoms with Crippen molar-refractivity contribution in [2.24, 2.45) is 0 Å². The summed E-state index contributed by atoms with van der Waals surface area (Å²) in [5.41, 5.74) is 11.3. The van der Waals surface area contributed by atoms with Crippen molar-refractivity contribution in [3.05, 3.63) is 60.2 Å². The number of imidazole rings is 1. The van der Waals surface area contributed by atoms with Crippen molar-refractivity contribution in [3.8, 4) is 16.9 Å². The highest BCUT2D eigenvalue weighted by Gasteiger charge is 2.08. The third kappa shape index (κ3) is 2.28. The number of aryl methyl sites for hydroxylation is 2. The normalized spacial score (nSPS) is 10.7. The van der Waals surface area contributed by atoms with Gasteiger partial charge in [0.25, 0.3) is 0 Å². The van der Waals surface area contributed by atoms with Gasteiger partial charge in [-0.2, -0.15) is 0 Å². The van der Waals surface area contributed by atoms with Crippen LogP contribution in [0, 0.1) is 13.8 Å². The van der Waals surface area contributed by atoms with Crippen molar-refractivity contribution in [2.75, 3.05) is 5.73 Å². The Kier molecular flexibility index (Phi) is 2.99. The summed E-state index contributed by atoms with van der Waals surface area (Å²) in [5, 5.41) is 0. The standard InChI is InChI=1S/C16H16N4/c1-11-5-12(2)7-14(6-11)20-10-18-9-15(20)13-3-4-19-16(17)8-13/h3-10H,1-2H3,(H2,17,19). The van der Waals surface area contributed by atoms with Crippen molar-refractivity contribution >= 4 is 5.82 Å². The monoisotopic (exact) mass is 264 g/mol. The maximum atomic E-state index is 5.76. The van der Waals surface area contributed by atoms with Crippen LogP contribution in [0.15, 0.2) is 49.1 Å². The van der Waals surface area contributed by atoms with Gasteiger partial charge in [0.15, 0.2) is 0 Å². The fourth-order valence-corrected chi connectivity index (χ4v) is 2.41. The molecular formula is C16H16N4. The van der Waals surface area contributed by atoms with Crippen LogP contribution in [0.1, 0.15) is 11.1 Å². The predicted octanol–water partition coefficient (Wildman–Crippen LogP) is 3.13. The van der Waals surface area contributed by atoms with Crippen LogP contribution < -0.4 is 5.73 Å². The van der Waals surface area contributed by atoms with Gasteiger partial charge >= 0.3 is 0 Å². The number of nitrogen functional groups attached to an aromatic ring is 1. The Morgan fingerprint density at radius 2 is 1.80 bits per heavy atom. The summed E-state index contributed by atoms with van der Waals surface area (Å²) in [7, 11) is 0. The van der Waals surface area contributed by atoms with Gasteiger partial charge in [0.05, 0.1) is 18.2 Å². The average Bonchev–Trinajstić information content (AvgIpc) is 2.86. The van der Waals surface area contributed by atoms with Gasteiger partial charge in [-0.05, 0) is 49.2 Å². The quantitative estimate of drug-likeness (QED) is 0.773. The van der Waals surface area contributed by atoms with Crippen LogP contribution in [-0.2, 0) is 0 Å². The second-order valence-corrected chi connectivity index (χ2v) is 4.96. The van der Waals surface area contributed by atoms with E-state index in [-0.39, 0.29) is 0 Å². The van der Waals surface area contributed by atoms with E-state index in [1.165, 1.54) is 11.1 Å². The highest BCUT2D eigenvalue weighted by Crippen LogP contribution is 2.24. The molecule has 2 N–H and O–H groups in total. The largest absolute Gasteiger partial charge is 0.384 e. The van der Waals surface area contributed by atoms with Crippen molar-refractivity contribution < 1.29 is 0 Å². The first-order valence-electron chi connectivity index (χ1n) is 6.46. The highest BCUT2D eigenvalue weighted by atomic mass is 15.0. The molecule has 0 aliphatic heterocycles. The zero-order chi connectivity index (χ0) is 14.1. The number of anilines is 1. The van der Waals surface area contributed by atoms with E-state index in [1.807, 2.05) is 24.7 Å². The molecule has 2 aromatic heterocycles. The van der Waals surface area contributed by atoms with Crippen molar-refractivity contribution in [3.63, 3.8) is 0 Å². The number of nitrogens with zero attached hydrogens (tertiary/aromatic N) is 3. The lowest BCUT2D eigenvalue weighted by atomic mass is 10.1. The Labute approximate surface area is 117 Å². The van der Waals surface area contributed by atoms with Gasteiger partial charge in [-0.3, -0.25) is 4.57 Å². The fourth-order valence-electron chi connectivity index (χ4n) is 2.41. The Balaban J connectivity index is 2.15. The number of hydrogen-bond donors (Lipinski definition) is 1. The molecule has 0 aliphatic rings. The van der Waals surface area contributed by atoms with E-state index in [0.29, 0.717) is 5.82 Å². The first-order valence-corrected chi connectivity index (χ1v) is 6.46. The van der Waals surface area contributed by atoms with Gasteiger partial charge < -0.3 is 5.73 Å². The highest BCUT2D eigenvalue weighted by molar-refractivity contribution is 5.64. The Morgan fingerprint density at radius 1 is 1.05 bits per heavy atom. The summed E-state index contributed by atoms with van der Waals surface area (Å²) in [6.07, 6.45) is 5.37. The van der Waals surface area contributed by atoms with E-state index in [9.17, 15) is 0 Å². The second kappa shape index (κ2) is 4.81. The molecule has 3 aromatic rings. The van der Waals surface area contributed by atoms with Crippen molar-refractivity contribution in [1.29, 1.82) is 0 Å². The van der Waals surface area contributed by atoms with E-state index >= 15 is 0 Å². The van der Waals surface area contributed by atoms with Gasteiger partial charge in [0.1, 0.15) is 5.82 Å². The fraction of sp³-hybridized carbons (Fsp3) is 0.125. The third-order valence-electron chi connectivity index (χ3n) is 3.20. The zero-order valence-electron chi connectivity index (χ0n) is 11.5. The summed E-state index contributed by atoms with van der Waals surface area (Å²) in [6, 6.07) is 10.2. The summed E-state index contributed by atoms with van der Waals surface area (Å²) >= 11 is 0. The lowest BCUT2D eigenvalue weighted by Gasteiger charge is -2.10. The van der Waals surface area contributed by atoms with E-state index in [4.69, 9.17) is 5.73 Å².